The number of carbonyl (C=O) groups excluding carboxylic acids is 2. The molecule has 1 spiro atoms. The van der Waals surface area contributed by atoms with E-state index in [2.05, 4.69) is 26.2 Å². The Balaban J connectivity index is 1.31. The van der Waals surface area contributed by atoms with Crippen LogP contribution >= 0.6 is 15.9 Å². The largest absolute Gasteiger partial charge is 0.432 e. The number of hydrogen-bond donors (Lipinski definition) is 2. The maximum absolute atomic E-state index is 14.6. The van der Waals surface area contributed by atoms with Gasteiger partial charge in [-0.1, -0.05) is 40.2 Å². The number of anilines is 2. The summed E-state index contributed by atoms with van der Waals surface area (Å²) in [7, 11) is -2.79. The van der Waals surface area contributed by atoms with Gasteiger partial charge in [0, 0.05) is 65.9 Å². The highest BCUT2D eigenvalue weighted by molar-refractivity contribution is 9.10. The molecule has 6 rings (SSSR count). The van der Waals surface area contributed by atoms with Crippen LogP contribution in [0.15, 0.2) is 53.1 Å². The molecule has 4 atom stereocenters. The van der Waals surface area contributed by atoms with Gasteiger partial charge in [0.25, 0.3) is 5.91 Å². The van der Waals surface area contributed by atoms with Crippen LogP contribution in [0.25, 0.3) is 0 Å². The van der Waals surface area contributed by atoms with Crippen LogP contribution in [0.5, 0.6) is 0 Å². The fourth-order valence-electron chi connectivity index (χ4n) is 6.96. The fraction of sp³-hybridized carbons (Fsp3) is 0.467. The van der Waals surface area contributed by atoms with E-state index < -0.39 is 13.9 Å². The lowest BCUT2D eigenvalue weighted by atomic mass is 9.82. The highest BCUT2D eigenvalue weighted by Gasteiger charge is 2.66. The Labute approximate surface area is 254 Å². The summed E-state index contributed by atoms with van der Waals surface area (Å²) in [5.74, 6) is -0.262. The summed E-state index contributed by atoms with van der Waals surface area (Å²) in [5, 5.41) is 17.5. The van der Waals surface area contributed by atoms with Crippen molar-refractivity contribution in [3.05, 3.63) is 70.0 Å². The summed E-state index contributed by atoms with van der Waals surface area (Å²) in [6, 6.07) is 13.7. The third-order valence-electron chi connectivity index (χ3n) is 8.98. The molecular formula is C30H36BrN5O5Si. The minimum absolute atomic E-state index is 0.00663. The van der Waals surface area contributed by atoms with Crippen molar-refractivity contribution in [3.8, 4) is 0 Å². The van der Waals surface area contributed by atoms with Crippen molar-refractivity contribution in [1.82, 2.24) is 15.0 Å². The molecule has 42 heavy (non-hydrogen) atoms. The van der Waals surface area contributed by atoms with Gasteiger partial charge >= 0.3 is 0 Å². The first-order valence-corrected chi connectivity index (χ1v) is 18.3. The number of amides is 2. The van der Waals surface area contributed by atoms with Crippen molar-refractivity contribution in [2.75, 3.05) is 23.0 Å². The quantitative estimate of drug-likeness (QED) is 0.267. The Bertz CT molecular complexity index is 1510. The zero-order chi connectivity index (χ0) is 29.8. The zero-order valence-corrected chi connectivity index (χ0v) is 26.6. The number of nitrogens with zero attached hydrogens (tertiary/aromatic N) is 5. The highest BCUT2D eigenvalue weighted by atomic mass is 79.9. The van der Waals surface area contributed by atoms with Crippen LogP contribution in [0.3, 0.4) is 0 Å². The van der Waals surface area contributed by atoms with E-state index in [1.807, 2.05) is 68.7 Å². The molecule has 222 valence electrons. The predicted molar refractivity (Wildman–Crippen MR) is 163 cm³/mol. The van der Waals surface area contributed by atoms with Crippen LogP contribution in [0.4, 0.5) is 11.4 Å². The standard InChI is InChI=1S/C30H36BrN5O5Si/c1-19-28(42(2,3)40)26(10-13-34-18-22(12-15-37)32-33-34)41-30(19)24-16-21(31)6-9-25(24)36(29(30)39)17-20-4-7-23(8-5-20)35-14-11-27(35)38/h4-9,16,18-19,26,28,37,40H,10-15,17H2,1-3H3/t19-,26+,28-,30+/m1/s1. The summed E-state index contributed by atoms with van der Waals surface area (Å²) in [4.78, 5) is 41.5. The Morgan fingerprint density at radius 1 is 1.17 bits per heavy atom. The van der Waals surface area contributed by atoms with Crippen LogP contribution in [0.1, 0.15) is 36.6 Å². The lowest BCUT2D eigenvalue weighted by molar-refractivity contribution is -0.146. The summed E-state index contributed by atoms with van der Waals surface area (Å²) < 4.78 is 9.49. The second kappa shape index (κ2) is 11.0. The molecule has 2 saturated heterocycles. The molecule has 12 heteroatoms. The van der Waals surface area contributed by atoms with E-state index in [-0.39, 0.29) is 36.0 Å². The first kappa shape index (κ1) is 29.2. The molecule has 10 nitrogen and oxygen atoms in total. The number of aliphatic hydroxyl groups is 1. The van der Waals surface area contributed by atoms with E-state index in [0.717, 1.165) is 33.5 Å². The predicted octanol–water partition coefficient (Wildman–Crippen LogP) is 3.75. The van der Waals surface area contributed by atoms with Crippen LogP contribution in [-0.4, -0.2) is 64.3 Å². The van der Waals surface area contributed by atoms with Gasteiger partial charge in [0.1, 0.15) is 0 Å². The number of rotatable bonds is 9. The third kappa shape index (κ3) is 4.92. The molecule has 0 unspecified atom stereocenters. The van der Waals surface area contributed by atoms with Gasteiger partial charge in [-0.05, 0) is 55.4 Å². The summed E-state index contributed by atoms with van der Waals surface area (Å²) >= 11 is 3.61. The molecule has 0 saturated carbocycles. The average Bonchev–Trinajstić information content (AvgIpc) is 3.58. The Kier molecular flexibility index (Phi) is 7.63. The number of halogens is 1. The lowest BCUT2D eigenvalue weighted by Crippen LogP contribution is -2.46. The summed E-state index contributed by atoms with van der Waals surface area (Å²) in [6.07, 6.45) is 3.03. The van der Waals surface area contributed by atoms with Crippen molar-refractivity contribution in [3.63, 3.8) is 0 Å². The minimum Gasteiger partial charge on any atom is -0.432 e. The maximum Gasteiger partial charge on any atom is 0.264 e. The average molecular weight is 655 g/mol. The van der Waals surface area contributed by atoms with Crippen LogP contribution in [-0.2, 0) is 39.4 Å². The Morgan fingerprint density at radius 3 is 2.57 bits per heavy atom. The normalized spacial score (nSPS) is 25.4. The van der Waals surface area contributed by atoms with Crippen LogP contribution in [0.2, 0.25) is 18.6 Å². The van der Waals surface area contributed by atoms with E-state index in [1.54, 1.807) is 14.5 Å². The number of aliphatic hydroxyl groups excluding tert-OH is 1. The minimum atomic E-state index is -2.79. The lowest BCUT2D eigenvalue weighted by Gasteiger charge is -2.32. The molecule has 0 aliphatic carbocycles. The van der Waals surface area contributed by atoms with Crippen molar-refractivity contribution >= 4 is 47.4 Å². The van der Waals surface area contributed by atoms with E-state index in [9.17, 15) is 19.5 Å². The molecule has 3 aliphatic heterocycles. The molecular weight excluding hydrogens is 618 g/mol. The van der Waals surface area contributed by atoms with E-state index in [1.165, 1.54) is 0 Å². The monoisotopic (exact) mass is 653 g/mol. The Morgan fingerprint density at radius 2 is 1.93 bits per heavy atom. The summed E-state index contributed by atoms with van der Waals surface area (Å²) in [6.45, 7) is 7.49. The van der Waals surface area contributed by atoms with Crippen molar-refractivity contribution in [2.45, 2.75) is 69.6 Å². The molecule has 2 amide bonds. The van der Waals surface area contributed by atoms with Gasteiger partial charge < -0.3 is 24.4 Å². The number of aromatic nitrogens is 3. The molecule has 3 aromatic rings. The number of benzene rings is 2. The van der Waals surface area contributed by atoms with Gasteiger partial charge in [0.2, 0.25) is 5.91 Å². The number of β-lactam (4-membered cyclic amide) rings is 1. The van der Waals surface area contributed by atoms with Crippen LogP contribution < -0.4 is 9.80 Å². The van der Waals surface area contributed by atoms with Gasteiger partial charge in [0.15, 0.2) is 13.9 Å². The number of aryl methyl sites for hydroxylation is 1. The molecule has 3 aliphatic rings. The number of fused-ring (bicyclic) bond motifs is 2. The molecule has 0 bridgehead atoms. The molecule has 2 aromatic carbocycles. The number of ether oxygens (including phenoxy) is 1. The third-order valence-corrected chi connectivity index (χ3v) is 12.0. The van der Waals surface area contributed by atoms with Crippen molar-refractivity contribution in [2.24, 2.45) is 5.92 Å². The number of carbonyl (C=O) groups is 2. The topological polar surface area (TPSA) is 121 Å². The highest BCUT2D eigenvalue weighted by Crippen LogP contribution is 2.60. The Hall–Kier alpha value is -2.90. The van der Waals surface area contributed by atoms with E-state index in [0.29, 0.717) is 38.0 Å². The maximum atomic E-state index is 14.6. The van der Waals surface area contributed by atoms with Gasteiger partial charge in [-0.2, -0.15) is 0 Å². The molecule has 2 N–H and O–H groups in total. The second-order valence-electron chi connectivity index (χ2n) is 12.1. The molecule has 1 aromatic heterocycles. The smallest absolute Gasteiger partial charge is 0.264 e. The fourth-order valence-corrected chi connectivity index (χ4v) is 9.93. The second-order valence-corrected chi connectivity index (χ2v) is 17.0. The van der Waals surface area contributed by atoms with Crippen LogP contribution in [0, 0.1) is 5.92 Å². The number of hydrogen-bond acceptors (Lipinski definition) is 7. The zero-order valence-electron chi connectivity index (χ0n) is 24.0. The van der Waals surface area contributed by atoms with Gasteiger partial charge in [-0.15, -0.1) is 5.10 Å². The SMILES string of the molecule is C[C@@H]1[C@@H]([Si](C)(C)O)[C@H](CCn2cc(CCO)nn2)O[C@@]12C(=O)N(Cc1ccc(N3CCC3=O)cc1)c1ccc(Br)cc12. The van der Waals surface area contributed by atoms with E-state index >= 15 is 0 Å². The van der Waals surface area contributed by atoms with Gasteiger partial charge in [-0.25, -0.2) is 0 Å². The first-order valence-electron chi connectivity index (χ1n) is 14.4. The van der Waals surface area contributed by atoms with E-state index in [4.69, 9.17) is 4.74 Å². The van der Waals surface area contributed by atoms with Gasteiger partial charge in [0.05, 0.1) is 24.0 Å². The molecule has 0 radical (unpaired) electrons. The van der Waals surface area contributed by atoms with Crippen molar-refractivity contribution < 1.29 is 24.2 Å². The summed E-state index contributed by atoms with van der Waals surface area (Å²) in [5.41, 5.74) is 2.73. The van der Waals surface area contributed by atoms with Crippen molar-refractivity contribution in [1.29, 1.82) is 0 Å². The molecule has 2 fully saturated rings. The van der Waals surface area contributed by atoms with Gasteiger partial charge in [-0.3, -0.25) is 14.3 Å². The molecule has 4 heterocycles. The first-order chi connectivity index (χ1) is 20.0.